The fourth-order valence-corrected chi connectivity index (χ4v) is 4.16. The Hall–Kier alpha value is -2.32. The second-order valence-electron chi connectivity index (χ2n) is 9.07. The predicted octanol–water partition coefficient (Wildman–Crippen LogP) is 3.11. The molecule has 0 saturated carbocycles. The predicted molar refractivity (Wildman–Crippen MR) is 127 cm³/mol. The average Bonchev–Trinajstić information content (AvgIpc) is 3.28. The lowest BCUT2D eigenvalue weighted by molar-refractivity contribution is -0.000440. The van der Waals surface area contributed by atoms with Crippen molar-refractivity contribution in [2.75, 3.05) is 59.3 Å². The molecule has 1 saturated heterocycles. The molecule has 7 heteroatoms. The molecule has 0 amide bonds. The number of hydrogen-bond donors (Lipinski definition) is 1. The molecule has 0 aliphatic carbocycles. The molecule has 7 nitrogen and oxygen atoms in total. The quantitative estimate of drug-likeness (QED) is 0.521. The summed E-state index contributed by atoms with van der Waals surface area (Å²) in [6.07, 6.45) is -0.490. The Morgan fingerprint density at radius 2 is 1.64 bits per heavy atom. The highest BCUT2D eigenvalue weighted by molar-refractivity contribution is 5.44. The third kappa shape index (κ3) is 7.08. The highest BCUT2D eigenvalue weighted by Crippen LogP contribution is 2.32. The van der Waals surface area contributed by atoms with Crippen LogP contribution in [0.3, 0.4) is 0 Å². The molecule has 2 aliphatic rings. The summed E-state index contributed by atoms with van der Waals surface area (Å²) < 4.78 is 22.2. The first-order chi connectivity index (χ1) is 16.1. The van der Waals surface area contributed by atoms with E-state index in [1.165, 1.54) is 11.1 Å². The molecule has 2 aliphatic heterocycles. The molecule has 2 aromatic rings. The molecular weight excluding hydrogens is 420 g/mol. The van der Waals surface area contributed by atoms with Crippen molar-refractivity contribution in [1.82, 2.24) is 9.80 Å². The van der Waals surface area contributed by atoms with Gasteiger partial charge in [0.15, 0.2) is 11.5 Å². The minimum absolute atomic E-state index is 0.308. The Kier molecular flexibility index (Phi) is 8.45. The molecule has 0 bridgehead atoms. The Bertz CT molecular complexity index is 865. The lowest BCUT2D eigenvalue weighted by Gasteiger charge is -2.35. The summed E-state index contributed by atoms with van der Waals surface area (Å²) in [6.45, 7) is 11.3. The zero-order valence-electron chi connectivity index (χ0n) is 19.7. The Labute approximate surface area is 196 Å². The van der Waals surface area contributed by atoms with Crippen LogP contribution in [0.5, 0.6) is 17.2 Å². The largest absolute Gasteiger partial charge is 0.491 e. The van der Waals surface area contributed by atoms with Gasteiger partial charge in [-0.1, -0.05) is 32.0 Å². The van der Waals surface area contributed by atoms with Gasteiger partial charge in [-0.25, -0.2) is 0 Å². The maximum Gasteiger partial charge on any atom is 0.231 e. The van der Waals surface area contributed by atoms with Gasteiger partial charge in [-0.2, -0.15) is 0 Å². The van der Waals surface area contributed by atoms with E-state index in [9.17, 15) is 5.11 Å². The first kappa shape index (κ1) is 23.8. The number of fused-ring (bicyclic) bond motifs is 1. The molecule has 2 aromatic carbocycles. The number of benzene rings is 2. The highest BCUT2D eigenvalue weighted by atomic mass is 16.7. The summed E-state index contributed by atoms with van der Waals surface area (Å²) in [5, 5.41) is 10.3. The van der Waals surface area contributed by atoms with E-state index in [0.717, 1.165) is 50.0 Å². The maximum absolute atomic E-state index is 10.3. The zero-order valence-corrected chi connectivity index (χ0v) is 19.7. The first-order valence-corrected chi connectivity index (χ1v) is 11.9. The van der Waals surface area contributed by atoms with Crippen molar-refractivity contribution in [1.29, 1.82) is 0 Å². The summed E-state index contributed by atoms with van der Waals surface area (Å²) in [6, 6.07) is 14.3. The molecular formula is C26H36N2O5. The number of piperazine rings is 1. The van der Waals surface area contributed by atoms with Crippen LogP contribution < -0.4 is 14.2 Å². The van der Waals surface area contributed by atoms with Gasteiger partial charge in [0, 0.05) is 39.3 Å². The van der Waals surface area contributed by atoms with Gasteiger partial charge in [-0.15, -0.1) is 0 Å². The molecule has 1 N–H and O–H groups in total. The number of aliphatic hydroxyl groups excluding tert-OH is 1. The van der Waals surface area contributed by atoms with E-state index in [2.05, 4.69) is 47.9 Å². The van der Waals surface area contributed by atoms with Crippen molar-refractivity contribution in [3.05, 3.63) is 53.6 Å². The Balaban J connectivity index is 1.07. The van der Waals surface area contributed by atoms with Crippen LogP contribution in [0.1, 0.15) is 30.9 Å². The molecule has 1 unspecified atom stereocenters. The molecule has 0 aromatic heterocycles. The lowest BCUT2D eigenvalue weighted by atomic mass is 10.0. The molecule has 1 fully saturated rings. The van der Waals surface area contributed by atoms with Gasteiger partial charge in [-0.05, 0) is 41.3 Å². The van der Waals surface area contributed by atoms with E-state index >= 15 is 0 Å². The van der Waals surface area contributed by atoms with Gasteiger partial charge < -0.3 is 24.1 Å². The summed E-state index contributed by atoms with van der Waals surface area (Å²) in [5.41, 5.74) is 2.54. The minimum Gasteiger partial charge on any atom is -0.491 e. The van der Waals surface area contributed by atoms with Gasteiger partial charge >= 0.3 is 0 Å². The molecule has 180 valence electrons. The van der Waals surface area contributed by atoms with Gasteiger partial charge in [0.1, 0.15) is 12.4 Å². The van der Waals surface area contributed by atoms with Crippen LogP contribution in [-0.2, 0) is 11.3 Å². The Morgan fingerprint density at radius 1 is 0.909 bits per heavy atom. The first-order valence-electron chi connectivity index (χ1n) is 11.9. The van der Waals surface area contributed by atoms with Crippen molar-refractivity contribution in [3.63, 3.8) is 0 Å². The zero-order chi connectivity index (χ0) is 23.0. The fraction of sp³-hybridized carbons (Fsp3) is 0.538. The summed E-state index contributed by atoms with van der Waals surface area (Å²) in [5.74, 6) is 3.03. The smallest absolute Gasteiger partial charge is 0.231 e. The van der Waals surface area contributed by atoms with Crippen LogP contribution in [-0.4, -0.2) is 80.3 Å². The normalized spacial score (nSPS) is 17.5. The standard InChI is InChI=1S/C26H36N2O5/c1-20(2)22-4-6-24(7-5-22)31-14-13-30-18-23(29)17-28-11-9-27(10-12-28)16-21-3-8-25-26(15-21)33-19-32-25/h3-8,15,20,23,29H,9-14,16-19H2,1-2H3. The van der Waals surface area contributed by atoms with Crippen LogP contribution in [0, 0.1) is 0 Å². The van der Waals surface area contributed by atoms with Crippen molar-refractivity contribution in [2.24, 2.45) is 0 Å². The number of hydrogen-bond acceptors (Lipinski definition) is 7. The van der Waals surface area contributed by atoms with E-state index < -0.39 is 6.10 Å². The number of rotatable bonds is 11. The third-order valence-electron chi connectivity index (χ3n) is 6.13. The van der Waals surface area contributed by atoms with Crippen molar-refractivity contribution < 1.29 is 24.1 Å². The van der Waals surface area contributed by atoms with E-state index in [1.807, 2.05) is 18.2 Å². The second kappa shape index (κ2) is 11.7. The molecule has 0 radical (unpaired) electrons. The maximum atomic E-state index is 10.3. The summed E-state index contributed by atoms with van der Waals surface area (Å²) in [7, 11) is 0. The molecule has 1 atom stereocenters. The third-order valence-corrected chi connectivity index (χ3v) is 6.13. The molecule has 2 heterocycles. The summed E-state index contributed by atoms with van der Waals surface area (Å²) in [4.78, 5) is 4.74. The SMILES string of the molecule is CC(C)c1ccc(OCCOCC(O)CN2CCN(Cc3ccc4c(c3)OCO4)CC2)cc1. The topological polar surface area (TPSA) is 63.6 Å². The molecule has 33 heavy (non-hydrogen) atoms. The number of aliphatic hydroxyl groups is 1. The van der Waals surface area contributed by atoms with Crippen molar-refractivity contribution in [3.8, 4) is 17.2 Å². The van der Waals surface area contributed by atoms with Crippen molar-refractivity contribution in [2.45, 2.75) is 32.4 Å². The lowest BCUT2D eigenvalue weighted by Crippen LogP contribution is -2.48. The monoisotopic (exact) mass is 456 g/mol. The van der Waals surface area contributed by atoms with Gasteiger partial charge in [0.05, 0.1) is 19.3 Å². The van der Waals surface area contributed by atoms with E-state index in [1.54, 1.807) is 0 Å². The molecule has 0 spiro atoms. The average molecular weight is 457 g/mol. The van der Waals surface area contributed by atoms with Crippen LogP contribution in [0.25, 0.3) is 0 Å². The number of β-amino-alcohol motifs (C(OH)–C–C–N with tert-alkyl or cyclic N) is 1. The van der Waals surface area contributed by atoms with E-state index in [4.69, 9.17) is 18.9 Å². The van der Waals surface area contributed by atoms with Gasteiger partial charge in [0.25, 0.3) is 0 Å². The van der Waals surface area contributed by atoms with Gasteiger partial charge in [-0.3, -0.25) is 9.80 Å². The minimum atomic E-state index is -0.490. The van der Waals surface area contributed by atoms with E-state index in [0.29, 0.717) is 39.1 Å². The number of ether oxygens (including phenoxy) is 4. The van der Waals surface area contributed by atoms with Crippen LogP contribution in [0.2, 0.25) is 0 Å². The Morgan fingerprint density at radius 3 is 2.39 bits per heavy atom. The van der Waals surface area contributed by atoms with Crippen LogP contribution in [0.15, 0.2) is 42.5 Å². The van der Waals surface area contributed by atoms with Crippen LogP contribution >= 0.6 is 0 Å². The van der Waals surface area contributed by atoms with Gasteiger partial charge in [0.2, 0.25) is 6.79 Å². The van der Waals surface area contributed by atoms with E-state index in [-0.39, 0.29) is 0 Å². The highest BCUT2D eigenvalue weighted by Gasteiger charge is 2.20. The van der Waals surface area contributed by atoms with Crippen LogP contribution in [0.4, 0.5) is 0 Å². The fourth-order valence-electron chi connectivity index (χ4n) is 4.16. The molecule has 4 rings (SSSR count). The second-order valence-corrected chi connectivity index (χ2v) is 9.07. The summed E-state index contributed by atoms with van der Waals surface area (Å²) >= 11 is 0. The number of nitrogens with zero attached hydrogens (tertiary/aromatic N) is 2. The van der Waals surface area contributed by atoms with Crippen molar-refractivity contribution >= 4 is 0 Å².